The van der Waals surface area contributed by atoms with Gasteiger partial charge in [-0.25, -0.2) is 0 Å². The van der Waals surface area contributed by atoms with Crippen molar-refractivity contribution in [3.8, 4) is 0 Å². The number of hydrogen-bond acceptors (Lipinski definition) is 5. The van der Waals surface area contributed by atoms with Crippen LogP contribution in [0.2, 0.25) is 0 Å². The maximum Gasteiger partial charge on any atom is 0.251 e. The van der Waals surface area contributed by atoms with Crippen molar-refractivity contribution in [3.05, 3.63) is 30.3 Å². The normalized spacial score (nSPS) is 22.0. The van der Waals surface area contributed by atoms with Crippen molar-refractivity contribution in [1.82, 2.24) is 9.80 Å². The molecule has 0 N–H and O–H groups in total. The standard InChI is InChI=1S/C22H33N3O4/c1-3-28-16-17-29-18(2)21(26)24-14-12-23(13-15-24)20-10-7-11-25(22(20)27)19-8-5-4-6-9-19/h4-6,8-9,18,20H,3,7,10-17H2,1-2H3/t18-,20-/m1/s1. The number of carbonyl (C=O) groups excluding carboxylic acids is 2. The van der Waals surface area contributed by atoms with Gasteiger partial charge >= 0.3 is 0 Å². The lowest BCUT2D eigenvalue weighted by Gasteiger charge is -2.42. The second kappa shape index (κ2) is 10.7. The minimum atomic E-state index is -0.466. The number of anilines is 1. The monoisotopic (exact) mass is 403 g/mol. The van der Waals surface area contributed by atoms with Crippen molar-refractivity contribution in [3.63, 3.8) is 0 Å². The van der Waals surface area contributed by atoms with Gasteiger partial charge in [0.2, 0.25) is 5.91 Å². The van der Waals surface area contributed by atoms with E-state index in [0.29, 0.717) is 32.9 Å². The molecule has 160 valence electrons. The van der Waals surface area contributed by atoms with Crippen LogP contribution < -0.4 is 4.90 Å². The molecule has 3 rings (SSSR count). The molecule has 0 aliphatic carbocycles. The molecule has 2 heterocycles. The van der Waals surface area contributed by atoms with Crippen molar-refractivity contribution in [2.24, 2.45) is 0 Å². The van der Waals surface area contributed by atoms with Crippen LogP contribution in [0.4, 0.5) is 5.69 Å². The van der Waals surface area contributed by atoms with E-state index < -0.39 is 6.10 Å². The van der Waals surface area contributed by atoms with E-state index in [-0.39, 0.29) is 17.9 Å². The van der Waals surface area contributed by atoms with Crippen LogP contribution >= 0.6 is 0 Å². The molecule has 2 fully saturated rings. The number of amides is 2. The predicted molar refractivity (Wildman–Crippen MR) is 112 cm³/mol. The fourth-order valence-electron chi connectivity index (χ4n) is 4.07. The van der Waals surface area contributed by atoms with Crippen molar-refractivity contribution < 1.29 is 19.1 Å². The van der Waals surface area contributed by atoms with Crippen molar-refractivity contribution in [2.75, 3.05) is 57.4 Å². The Morgan fingerprint density at radius 2 is 1.83 bits per heavy atom. The molecule has 1 aromatic carbocycles. The Labute approximate surface area is 173 Å². The van der Waals surface area contributed by atoms with Crippen molar-refractivity contribution >= 4 is 17.5 Å². The zero-order valence-electron chi connectivity index (χ0n) is 17.6. The van der Waals surface area contributed by atoms with Crippen LogP contribution in [0.5, 0.6) is 0 Å². The maximum atomic E-state index is 13.1. The van der Waals surface area contributed by atoms with Gasteiger partial charge in [0, 0.05) is 45.0 Å². The summed E-state index contributed by atoms with van der Waals surface area (Å²) in [6.07, 6.45) is 1.41. The van der Waals surface area contributed by atoms with Crippen LogP contribution in [0.1, 0.15) is 26.7 Å². The molecule has 1 aromatic rings. The van der Waals surface area contributed by atoms with E-state index in [1.165, 1.54) is 0 Å². The summed E-state index contributed by atoms with van der Waals surface area (Å²) in [5, 5.41) is 0. The zero-order valence-corrected chi connectivity index (χ0v) is 17.6. The molecule has 2 aliphatic rings. The fourth-order valence-corrected chi connectivity index (χ4v) is 4.07. The number of rotatable bonds is 8. The Hall–Kier alpha value is -1.96. The summed E-state index contributed by atoms with van der Waals surface area (Å²) < 4.78 is 10.8. The number of benzene rings is 1. The molecule has 0 spiro atoms. The fraction of sp³-hybridized carbons (Fsp3) is 0.636. The highest BCUT2D eigenvalue weighted by molar-refractivity contribution is 5.97. The summed E-state index contributed by atoms with van der Waals surface area (Å²) in [6.45, 7) is 8.78. The molecule has 0 radical (unpaired) electrons. The molecule has 0 aromatic heterocycles. The minimum Gasteiger partial charge on any atom is -0.379 e. The maximum absolute atomic E-state index is 13.1. The van der Waals surface area contributed by atoms with E-state index in [2.05, 4.69) is 4.90 Å². The van der Waals surface area contributed by atoms with Crippen LogP contribution in [0.25, 0.3) is 0 Å². The van der Waals surface area contributed by atoms with Crippen LogP contribution in [0.15, 0.2) is 30.3 Å². The van der Waals surface area contributed by atoms with Gasteiger partial charge in [0.1, 0.15) is 6.10 Å². The number of ether oxygens (including phenoxy) is 2. The van der Waals surface area contributed by atoms with Gasteiger partial charge in [-0.05, 0) is 38.8 Å². The first-order valence-corrected chi connectivity index (χ1v) is 10.7. The summed E-state index contributed by atoms with van der Waals surface area (Å²) in [5.41, 5.74) is 0.967. The lowest BCUT2D eigenvalue weighted by molar-refractivity contribution is -0.146. The Morgan fingerprint density at radius 3 is 2.52 bits per heavy atom. The molecular weight excluding hydrogens is 370 g/mol. The minimum absolute atomic E-state index is 0.0158. The van der Waals surface area contributed by atoms with Gasteiger partial charge < -0.3 is 19.3 Å². The summed E-state index contributed by atoms with van der Waals surface area (Å²) >= 11 is 0. The Balaban J connectivity index is 1.49. The van der Waals surface area contributed by atoms with Gasteiger partial charge in [0.05, 0.1) is 19.3 Å². The molecule has 7 heteroatoms. The van der Waals surface area contributed by atoms with Crippen LogP contribution in [0.3, 0.4) is 0 Å². The third kappa shape index (κ3) is 5.56. The first kappa shape index (κ1) is 21.7. The molecule has 0 bridgehead atoms. The topological polar surface area (TPSA) is 62.3 Å². The van der Waals surface area contributed by atoms with Gasteiger partial charge in [0.25, 0.3) is 5.91 Å². The highest BCUT2D eigenvalue weighted by atomic mass is 16.5. The second-order valence-corrected chi connectivity index (χ2v) is 7.55. The molecule has 2 aliphatic heterocycles. The summed E-state index contributed by atoms with van der Waals surface area (Å²) in [5.74, 6) is 0.192. The lowest BCUT2D eigenvalue weighted by Crippen LogP contribution is -2.59. The second-order valence-electron chi connectivity index (χ2n) is 7.55. The van der Waals surface area contributed by atoms with Crippen LogP contribution in [-0.2, 0) is 19.1 Å². The smallest absolute Gasteiger partial charge is 0.251 e. The zero-order chi connectivity index (χ0) is 20.6. The highest BCUT2D eigenvalue weighted by Crippen LogP contribution is 2.24. The van der Waals surface area contributed by atoms with Crippen LogP contribution in [0, 0.1) is 0 Å². The Kier molecular flexibility index (Phi) is 8.03. The third-order valence-corrected chi connectivity index (χ3v) is 5.69. The van der Waals surface area contributed by atoms with Gasteiger partial charge in [-0.2, -0.15) is 0 Å². The number of piperazine rings is 1. The average molecular weight is 404 g/mol. The highest BCUT2D eigenvalue weighted by Gasteiger charge is 2.36. The molecule has 2 atom stereocenters. The predicted octanol–water partition coefficient (Wildman–Crippen LogP) is 1.77. The number of hydrogen-bond donors (Lipinski definition) is 0. The molecule has 0 unspecified atom stereocenters. The lowest BCUT2D eigenvalue weighted by atomic mass is 10.0. The number of nitrogens with zero attached hydrogens (tertiary/aromatic N) is 3. The first-order valence-electron chi connectivity index (χ1n) is 10.7. The summed E-state index contributed by atoms with van der Waals surface area (Å²) in [4.78, 5) is 31.7. The van der Waals surface area contributed by atoms with Gasteiger partial charge in [-0.1, -0.05) is 18.2 Å². The SMILES string of the molecule is CCOCCO[C@H](C)C(=O)N1CCN([C@@H]2CCCN(c3ccccc3)C2=O)CC1. The van der Waals surface area contributed by atoms with Crippen molar-refractivity contribution in [2.45, 2.75) is 38.8 Å². The third-order valence-electron chi connectivity index (χ3n) is 5.69. The van der Waals surface area contributed by atoms with E-state index >= 15 is 0 Å². The number of piperidine rings is 1. The van der Waals surface area contributed by atoms with E-state index in [1.807, 2.05) is 47.1 Å². The number of carbonyl (C=O) groups is 2. The summed E-state index contributed by atoms with van der Waals surface area (Å²) in [6, 6.07) is 9.78. The quantitative estimate of drug-likeness (QED) is 0.619. The van der Waals surface area contributed by atoms with Crippen molar-refractivity contribution in [1.29, 1.82) is 0 Å². The summed E-state index contributed by atoms with van der Waals surface area (Å²) in [7, 11) is 0. The van der Waals surface area contributed by atoms with E-state index in [9.17, 15) is 9.59 Å². The van der Waals surface area contributed by atoms with E-state index in [1.54, 1.807) is 6.92 Å². The molecule has 2 amide bonds. The van der Waals surface area contributed by atoms with Crippen LogP contribution in [-0.4, -0.2) is 86.3 Å². The average Bonchev–Trinajstić information content (AvgIpc) is 2.77. The molecule has 0 saturated carbocycles. The van der Waals surface area contributed by atoms with Gasteiger partial charge in [-0.15, -0.1) is 0 Å². The van der Waals surface area contributed by atoms with Gasteiger partial charge in [-0.3, -0.25) is 14.5 Å². The largest absolute Gasteiger partial charge is 0.379 e. The van der Waals surface area contributed by atoms with Gasteiger partial charge in [0.15, 0.2) is 0 Å². The molecule has 29 heavy (non-hydrogen) atoms. The molecule has 7 nitrogen and oxygen atoms in total. The number of para-hydroxylation sites is 1. The molecule has 2 saturated heterocycles. The Bertz CT molecular complexity index is 661. The first-order chi connectivity index (χ1) is 14.1. The Morgan fingerprint density at radius 1 is 1.10 bits per heavy atom. The van der Waals surface area contributed by atoms with E-state index in [0.717, 1.165) is 38.2 Å². The van der Waals surface area contributed by atoms with E-state index in [4.69, 9.17) is 9.47 Å². The molecular formula is C22H33N3O4.